The number of hydrogen-bond acceptors (Lipinski definition) is 4. The molecular formula is C15H16FN5. The van der Waals surface area contributed by atoms with E-state index < -0.39 is 5.82 Å². The Morgan fingerprint density at radius 2 is 2.05 bits per heavy atom. The van der Waals surface area contributed by atoms with Gasteiger partial charge in [0, 0.05) is 23.7 Å². The van der Waals surface area contributed by atoms with Gasteiger partial charge in [-0.05, 0) is 18.1 Å². The van der Waals surface area contributed by atoms with E-state index in [4.69, 9.17) is 5.73 Å². The summed E-state index contributed by atoms with van der Waals surface area (Å²) in [5.74, 6) is -0.115. The lowest BCUT2D eigenvalue weighted by Crippen LogP contribution is -2.00. The van der Waals surface area contributed by atoms with Crippen molar-refractivity contribution in [2.75, 3.05) is 5.73 Å². The van der Waals surface area contributed by atoms with Gasteiger partial charge in [0.05, 0.1) is 11.7 Å². The molecule has 1 aromatic carbocycles. The van der Waals surface area contributed by atoms with Gasteiger partial charge in [-0.1, -0.05) is 19.9 Å². The molecule has 0 spiro atoms. The van der Waals surface area contributed by atoms with Crippen LogP contribution in [0, 0.1) is 5.82 Å². The van der Waals surface area contributed by atoms with Crippen LogP contribution in [0.2, 0.25) is 0 Å². The third kappa shape index (κ3) is 2.22. The predicted molar refractivity (Wildman–Crippen MR) is 80.2 cm³/mol. The standard InChI is InChI=1S/C15H16FN5/c1-8(2)14-10-6-9(4-5-12(10)20-21(14)3)13-11(16)7-18-15(17)19-13/h4-8H,1-3H3,(H2,17,18,19). The molecule has 2 N–H and O–H groups in total. The summed E-state index contributed by atoms with van der Waals surface area (Å²) in [6.07, 6.45) is 1.09. The van der Waals surface area contributed by atoms with Crippen LogP contribution >= 0.6 is 0 Å². The van der Waals surface area contributed by atoms with Crippen LogP contribution in [-0.4, -0.2) is 19.7 Å². The van der Waals surface area contributed by atoms with Gasteiger partial charge in [-0.25, -0.2) is 14.4 Å². The highest BCUT2D eigenvalue weighted by atomic mass is 19.1. The number of nitrogens with two attached hydrogens (primary N) is 1. The number of halogens is 1. The summed E-state index contributed by atoms with van der Waals surface area (Å²) in [4.78, 5) is 7.65. The first-order chi connectivity index (χ1) is 9.97. The number of fused-ring (bicyclic) bond motifs is 1. The van der Waals surface area contributed by atoms with Crippen LogP contribution in [0.1, 0.15) is 25.5 Å². The lowest BCUT2D eigenvalue weighted by Gasteiger charge is -2.07. The summed E-state index contributed by atoms with van der Waals surface area (Å²) >= 11 is 0. The fourth-order valence-electron chi connectivity index (χ4n) is 2.63. The topological polar surface area (TPSA) is 69.6 Å². The number of aromatic nitrogens is 4. The van der Waals surface area contributed by atoms with Crippen molar-refractivity contribution in [2.24, 2.45) is 7.05 Å². The maximum Gasteiger partial charge on any atom is 0.220 e. The van der Waals surface area contributed by atoms with Gasteiger partial charge in [-0.3, -0.25) is 4.68 Å². The van der Waals surface area contributed by atoms with Crippen LogP contribution in [0.4, 0.5) is 10.3 Å². The molecule has 0 radical (unpaired) electrons. The highest BCUT2D eigenvalue weighted by Crippen LogP contribution is 2.29. The largest absolute Gasteiger partial charge is 0.368 e. The Labute approximate surface area is 121 Å². The van der Waals surface area contributed by atoms with Gasteiger partial charge in [-0.15, -0.1) is 0 Å². The highest BCUT2D eigenvalue weighted by Gasteiger charge is 2.15. The molecule has 108 valence electrons. The Hall–Kier alpha value is -2.50. The second-order valence-electron chi connectivity index (χ2n) is 5.32. The molecule has 0 atom stereocenters. The fraction of sp³-hybridized carbons (Fsp3) is 0.267. The first-order valence-corrected chi connectivity index (χ1v) is 6.72. The summed E-state index contributed by atoms with van der Waals surface area (Å²) in [6.45, 7) is 4.21. The molecule has 5 nitrogen and oxygen atoms in total. The van der Waals surface area contributed by atoms with Crippen LogP contribution in [-0.2, 0) is 7.05 Å². The maximum atomic E-state index is 13.9. The summed E-state index contributed by atoms with van der Waals surface area (Å²) < 4.78 is 15.8. The monoisotopic (exact) mass is 285 g/mol. The summed E-state index contributed by atoms with van der Waals surface area (Å²) in [5.41, 5.74) is 8.42. The Bertz CT molecular complexity index is 822. The number of hydrogen-bond donors (Lipinski definition) is 1. The molecule has 0 aliphatic carbocycles. The Kier molecular flexibility index (Phi) is 3.08. The average molecular weight is 285 g/mol. The van der Waals surface area contributed by atoms with Crippen molar-refractivity contribution in [3.8, 4) is 11.3 Å². The van der Waals surface area contributed by atoms with E-state index in [0.717, 1.165) is 22.8 Å². The van der Waals surface area contributed by atoms with Crippen LogP contribution < -0.4 is 5.73 Å². The van der Waals surface area contributed by atoms with Crippen LogP contribution in [0.15, 0.2) is 24.4 Å². The number of nitrogen functional groups attached to an aromatic ring is 1. The van der Waals surface area contributed by atoms with E-state index in [1.54, 1.807) is 6.07 Å². The Morgan fingerprint density at radius 1 is 1.29 bits per heavy atom. The zero-order chi connectivity index (χ0) is 15.1. The van der Waals surface area contributed by atoms with Crippen molar-refractivity contribution < 1.29 is 4.39 Å². The smallest absolute Gasteiger partial charge is 0.220 e. The van der Waals surface area contributed by atoms with Crippen LogP contribution in [0.5, 0.6) is 0 Å². The van der Waals surface area contributed by atoms with Gasteiger partial charge >= 0.3 is 0 Å². The second-order valence-corrected chi connectivity index (χ2v) is 5.32. The number of benzene rings is 1. The Morgan fingerprint density at radius 3 is 2.76 bits per heavy atom. The molecule has 0 fully saturated rings. The molecule has 0 saturated carbocycles. The minimum Gasteiger partial charge on any atom is -0.368 e. The third-order valence-electron chi connectivity index (χ3n) is 3.46. The zero-order valence-electron chi connectivity index (χ0n) is 12.1. The van der Waals surface area contributed by atoms with Crippen molar-refractivity contribution in [1.29, 1.82) is 0 Å². The fourth-order valence-corrected chi connectivity index (χ4v) is 2.63. The highest BCUT2D eigenvalue weighted by molar-refractivity contribution is 5.86. The summed E-state index contributed by atoms with van der Waals surface area (Å²) in [5, 5.41) is 5.48. The van der Waals surface area contributed by atoms with E-state index in [2.05, 4.69) is 28.9 Å². The maximum absolute atomic E-state index is 13.9. The van der Waals surface area contributed by atoms with Gasteiger partial charge in [0.25, 0.3) is 0 Å². The number of anilines is 1. The summed E-state index contributed by atoms with van der Waals surface area (Å²) in [7, 11) is 1.91. The molecule has 0 bridgehead atoms. The minimum atomic E-state index is -0.487. The van der Waals surface area contributed by atoms with Crippen molar-refractivity contribution >= 4 is 16.9 Å². The molecular weight excluding hydrogens is 269 g/mol. The van der Waals surface area contributed by atoms with E-state index in [1.165, 1.54) is 0 Å². The van der Waals surface area contributed by atoms with E-state index >= 15 is 0 Å². The first kappa shape index (κ1) is 13.5. The van der Waals surface area contributed by atoms with Crippen LogP contribution in [0.25, 0.3) is 22.2 Å². The van der Waals surface area contributed by atoms with Gasteiger partial charge in [0.1, 0.15) is 5.69 Å². The molecule has 3 aromatic rings. The first-order valence-electron chi connectivity index (χ1n) is 6.72. The van der Waals surface area contributed by atoms with Gasteiger partial charge in [0.2, 0.25) is 5.95 Å². The minimum absolute atomic E-state index is 0.0572. The van der Waals surface area contributed by atoms with Crippen LogP contribution in [0.3, 0.4) is 0 Å². The van der Waals surface area contributed by atoms with E-state index in [9.17, 15) is 4.39 Å². The zero-order valence-corrected chi connectivity index (χ0v) is 12.1. The molecule has 21 heavy (non-hydrogen) atoms. The number of rotatable bonds is 2. The van der Waals surface area contributed by atoms with Gasteiger partial charge < -0.3 is 5.73 Å². The normalized spacial score (nSPS) is 11.5. The molecule has 0 saturated heterocycles. The lowest BCUT2D eigenvalue weighted by molar-refractivity contribution is 0.619. The quantitative estimate of drug-likeness (QED) is 0.786. The van der Waals surface area contributed by atoms with E-state index in [0.29, 0.717) is 11.5 Å². The Balaban J connectivity index is 2.25. The van der Waals surface area contributed by atoms with E-state index in [-0.39, 0.29) is 11.6 Å². The third-order valence-corrected chi connectivity index (χ3v) is 3.46. The van der Waals surface area contributed by atoms with Crippen molar-refractivity contribution in [3.05, 3.63) is 35.9 Å². The van der Waals surface area contributed by atoms with Gasteiger partial charge in [-0.2, -0.15) is 5.10 Å². The van der Waals surface area contributed by atoms with Crippen molar-refractivity contribution in [2.45, 2.75) is 19.8 Å². The molecule has 3 rings (SSSR count). The number of nitrogens with zero attached hydrogens (tertiary/aromatic N) is 4. The lowest BCUT2D eigenvalue weighted by atomic mass is 10.0. The molecule has 6 heteroatoms. The number of aryl methyl sites for hydroxylation is 1. The molecule has 2 heterocycles. The molecule has 2 aromatic heterocycles. The average Bonchev–Trinajstić information content (AvgIpc) is 2.76. The van der Waals surface area contributed by atoms with Gasteiger partial charge in [0.15, 0.2) is 5.82 Å². The molecule has 0 aliphatic rings. The van der Waals surface area contributed by atoms with Crippen molar-refractivity contribution in [1.82, 2.24) is 19.7 Å². The SMILES string of the molecule is CC(C)c1c2cc(-c3nc(N)ncc3F)ccc2nn1C. The molecule has 0 aliphatic heterocycles. The molecule has 0 unspecified atom stereocenters. The summed E-state index contributed by atoms with van der Waals surface area (Å²) in [6, 6.07) is 5.57. The van der Waals surface area contributed by atoms with Crippen molar-refractivity contribution in [3.63, 3.8) is 0 Å². The van der Waals surface area contributed by atoms with E-state index in [1.807, 2.05) is 23.9 Å². The molecule has 0 amide bonds. The second kappa shape index (κ2) is 4.80. The predicted octanol–water partition coefficient (Wildman–Crippen LogP) is 2.88.